The van der Waals surface area contributed by atoms with Crippen molar-refractivity contribution in [1.82, 2.24) is 5.32 Å². The minimum absolute atomic E-state index is 0.0492. The fourth-order valence-corrected chi connectivity index (χ4v) is 3.40. The van der Waals surface area contributed by atoms with Crippen molar-refractivity contribution in [3.63, 3.8) is 0 Å². The van der Waals surface area contributed by atoms with Crippen molar-refractivity contribution in [2.75, 3.05) is 6.54 Å². The van der Waals surface area contributed by atoms with Crippen LogP contribution in [-0.2, 0) is 9.05 Å². The maximum Gasteiger partial charge on any atom is 0.262 e. The molecule has 0 heterocycles. The molecule has 0 radical (unpaired) electrons. The van der Waals surface area contributed by atoms with Gasteiger partial charge < -0.3 is 5.32 Å². The lowest BCUT2D eigenvalue weighted by atomic mass is 9.97. The third-order valence-corrected chi connectivity index (χ3v) is 4.55. The van der Waals surface area contributed by atoms with Crippen LogP contribution in [0, 0.1) is 5.41 Å². The molecular weight excluding hydrogens is 354 g/mol. The predicted molar refractivity (Wildman–Crippen MR) is 79.0 cm³/mol. The Kier molecular flexibility index (Phi) is 5.03. The summed E-state index contributed by atoms with van der Waals surface area (Å²) < 4.78 is 23.0. The highest BCUT2D eigenvalue weighted by Crippen LogP contribution is 2.26. The molecule has 0 unspecified atom stereocenters. The molecule has 0 bridgehead atoms. The number of carbonyl (C=O) groups excluding carboxylic acids is 1. The van der Waals surface area contributed by atoms with Crippen molar-refractivity contribution in [2.45, 2.75) is 25.7 Å². The van der Waals surface area contributed by atoms with Crippen LogP contribution in [0.25, 0.3) is 0 Å². The van der Waals surface area contributed by atoms with Crippen LogP contribution in [0.5, 0.6) is 0 Å². The van der Waals surface area contributed by atoms with E-state index in [0.717, 1.165) is 0 Å². The summed E-state index contributed by atoms with van der Waals surface area (Å²) in [5.74, 6) is -0.330. The molecule has 0 saturated heterocycles. The molecule has 1 amide bonds. The summed E-state index contributed by atoms with van der Waals surface area (Å²) in [6, 6.07) is 4.28. The van der Waals surface area contributed by atoms with Crippen LogP contribution < -0.4 is 5.32 Å². The molecule has 0 aliphatic rings. The zero-order valence-corrected chi connectivity index (χ0v) is 14.0. The summed E-state index contributed by atoms with van der Waals surface area (Å²) in [6.45, 7) is 6.46. The lowest BCUT2D eigenvalue weighted by Gasteiger charge is -2.18. The molecule has 4 nitrogen and oxygen atoms in total. The van der Waals surface area contributed by atoms with Crippen molar-refractivity contribution in [3.8, 4) is 0 Å². The molecule has 1 rings (SSSR count). The Hall–Kier alpha value is -0.590. The molecule has 7 heteroatoms. The highest BCUT2D eigenvalue weighted by molar-refractivity contribution is 9.10. The van der Waals surface area contributed by atoms with Gasteiger partial charge in [0.1, 0.15) is 0 Å². The second-order valence-corrected chi connectivity index (χ2v) is 8.72. The van der Waals surface area contributed by atoms with Gasteiger partial charge in [0.05, 0.1) is 4.90 Å². The quantitative estimate of drug-likeness (QED) is 0.834. The van der Waals surface area contributed by atoms with Crippen molar-refractivity contribution < 1.29 is 13.2 Å². The molecule has 0 spiro atoms. The number of hydrogen-bond donors (Lipinski definition) is 1. The number of hydrogen-bond acceptors (Lipinski definition) is 3. The first kappa shape index (κ1) is 16.5. The summed E-state index contributed by atoms with van der Waals surface area (Å²) in [5, 5.41) is 2.74. The first-order valence-electron chi connectivity index (χ1n) is 5.53. The van der Waals surface area contributed by atoms with Crippen LogP contribution in [0.3, 0.4) is 0 Å². The number of carbonyl (C=O) groups is 1. The fourth-order valence-electron chi connectivity index (χ4n) is 1.28. The van der Waals surface area contributed by atoms with Crippen molar-refractivity contribution in [1.29, 1.82) is 0 Å². The van der Waals surface area contributed by atoms with Crippen LogP contribution in [0.4, 0.5) is 0 Å². The highest BCUT2D eigenvalue weighted by atomic mass is 79.9. The zero-order chi connectivity index (χ0) is 14.8. The number of benzene rings is 1. The van der Waals surface area contributed by atoms with Crippen LogP contribution in [-0.4, -0.2) is 20.9 Å². The van der Waals surface area contributed by atoms with E-state index in [0.29, 0.717) is 11.0 Å². The largest absolute Gasteiger partial charge is 0.352 e. The van der Waals surface area contributed by atoms with E-state index >= 15 is 0 Å². The van der Waals surface area contributed by atoms with Gasteiger partial charge >= 0.3 is 0 Å². The molecule has 0 saturated carbocycles. The van der Waals surface area contributed by atoms with Crippen LogP contribution >= 0.6 is 26.6 Å². The first-order chi connectivity index (χ1) is 8.50. The summed E-state index contributed by atoms with van der Waals surface area (Å²) in [6.07, 6.45) is 0. The van der Waals surface area contributed by atoms with Crippen LogP contribution in [0.15, 0.2) is 27.6 Å². The number of nitrogens with one attached hydrogen (secondary N) is 1. The molecule has 1 aromatic rings. The van der Waals surface area contributed by atoms with E-state index in [1.54, 1.807) is 0 Å². The van der Waals surface area contributed by atoms with Gasteiger partial charge in [-0.2, -0.15) is 0 Å². The Labute approximate surface area is 126 Å². The summed E-state index contributed by atoms with van der Waals surface area (Å²) in [7, 11) is 1.41. The minimum Gasteiger partial charge on any atom is -0.352 e. The minimum atomic E-state index is -3.89. The van der Waals surface area contributed by atoms with E-state index in [1.807, 2.05) is 20.8 Å². The first-order valence-corrected chi connectivity index (χ1v) is 8.63. The Morgan fingerprint density at radius 1 is 1.37 bits per heavy atom. The van der Waals surface area contributed by atoms with E-state index in [2.05, 4.69) is 21.2 Å². The van der Waals surface area contributed by atoms with E-state index in [1.165, 1.54) is 18.2 Å². The Morgan fingerprint density at radius 3 is 2.42 bits per heavy atom. The van der Waals surface area contributed by atoms with E-state index < -0.39 is 9.05 Å². The summed E-state index contributed by atoms with van der Waals surface area (Å²) in [4.78, 5) is 11.8. The van der Waals surface area contributed by atoms with Crippen molar-refractivity contribution in [3.05, 3.63) is 28.2 Å². The molecule has 1 aromatic carbocycles. The van der Waals surface area contributed by atoms with Crippen LogP contribution in [0.2, 0.25) is 0 Å². The van der Waals surface area contributed by atoms with Crippen LogP contribution in [0.1, 0.15) is 31.1 Å². The molecule has 19 heavy (non-hydrogen) atoms. The molecule has 0 aromatic heterocycles. The van der Waals surface area contributed by atoms with E-state index in [4.69, 9.17) is 10.7 Å². The average molecular weight is 369 g/mol. The predicted octanol–water partition coefficient (Wildman–Crippen LogP) is 3.15. The third-order valence-electron chi connectivity index (χ3n) is 2.24. The summed E-state index contributed by atoms with van der Waals surface area (Å²) >= 11 is 3.09. The Balaban J connectivity index is 3.00. The molecule has 106 valence electrons. The molecular formula is C12H15BrClNO3S. The highest BCUT2D eigenvalue weighted by Gasteiger charge is 2.18. The summed E-state index contributed by atoms with van der Waals surface area (Å²) in [5.41, 5.74) is 0.207. The second kappa shape index (κ2) is 5.81. The average Bonchev–Trinajstić information content (AvgIpc) is 2.24. The normalized spacial score (nSPS) is 12.3. The number of rotatable bonds is 3. The molecule has 0 aliphatic heterocycles. The monoisotopic (exact) mass is 367 g/mol. The van der Waals surface area contributed by atoms with Crippen molar-refractivity contribution in [2.24, 2.45) is 5.41 Å². The topological polar surface area (TPSA) is 63.2 Å². The number of amides is 1. The van der Waals surface area contributed by atoms with Gasteiger partial charge in [-0.15, -0.1) is 0 Å². The second-order valence-electron chi connectivity index (χ2n) is 5.33. The van der Waals surface area contributed by atoms with Crippen molar-refractivity contribution >= 4 is 41.6 Å². The van der Waals surface area contributed by atoms with Gasteiger partial charge in [-0.3, -0.25) is 4.79 Å². The zero-order valence-electron chi connectivity index (χ0n) is 10.8. The van der Waals surface area contributed by atoms with E-state index in [9.17, 15) is 13.2 Å². The lowest BCUT2D eigenvalue weighted by molar-refractivity contribution is 0.0939. The van der Waals surface area contributed by atoms with Gasteiger partial charge in [0, 0.05) is 27.3 Å². The van der Waals surface area contributed by atoms with Gasteiger partial charge in [0.25, 0.3) is 15.0 Å². The van der Waals surface area contributed by atoms with Gasteiger partial charge in [-0.25, -0.2) is 8.42 Å². The van der Waals surface area contributed by atoms with Gasteiger partial charge in [-0.05, 0) is 39.5 Å². The van der Waals surface area contributed by atoms with E-state index in [-0.39, 0.29) is 21.8 Å². The third kappa shape index (κ3) is 5.12. The Morgan fingerprint density at radius 2 is 1.95 bits per heavy atom. The Bertz CT molecular complexity index is 593. The molecule has 0 fully saturated rings. The number of halogens is 2. The molecule has 0 aliphatic carbocycles. The standard InChI is InChI=1S/C12H15BrClNO3S/c1-12(2,3)7-15-11(16)8-4-5-9(13)10(6-8)19(14,17)18/h4-6H,7H2,1-3H3,(H,15,16). The molecule has 0 atom stereocenters. The smallest absolute Gasteiger partial charge is 0.262 e. The van der Waals surface area contributed by atoms with Gasteiger partial charge in [0.15, 0.2) is 0 Å². The maximum absolute atomic E-state index is 11.9. The molecule has 1 N–H and O–H groups in total. The fraction of sp³-hybridized carbons (Fsp3) is 0.417. The van der Waals surface area contributed by atoms with Gasteiger partial charge in [0.2, 0.25) is 0 Å². The SMILES string of the molecule is CC(C)(C)CNC(=O)c1ccc(Br)c(S(=O)(=O)Cl)c1. The lowest BCUT2D eigenvalue weighted by Crippen LogP contribution is -2.32. The van der Waals surface area contributed by atoms with Gasteiger partial charge in [-0.1, -0.05) is 20.8 Å². The maximum atomic E-state index is 11.9.